The van der Waals surface area contributed by atoms with E-state index in [2.05, 4.69) is 5.10 Å². The summed E-state index contributed by atoms with van der Waals surface area (Å²) in [6.07, 6.45) is 1.64. The largest absolute Gasteiger partial charge is 0.497 e. The third-order valence-electron chi connectivity index (χ3n) is 3.33. The van der Waals surface area contributed by atoms with Crippen LogP contribution in [0.15, 0.2) is 48.7 Å². The highest BCUT2D eigenvalue weighted by Crippen LogP contribution is 2.21. The van der Waals surface area contributed by atoms with Crippen LogP contribution in [0.1, 0.15) is 5.56 Å². The second-order valence-electron chi connectivity index (χ2n) is 4.65. The summed E-state index contributed by atoms with van der Waals surface area (Å²) in [5.41, 5.74) is 2.03. The Kier molecular flexibility index (Phi) is 3.27. The molecule has 0 radical (unpaired) electrons. The van der Waals surface area contributed by atoms with Crippen molar-refractivity contribution in [1.29, 1.82) is 0 Å². The van der Waals surface area contributed by atoms with Crippen molar-refractivity contribution in [3.05, 3.63) is 64.3 Å². The molecule has 0 aliphatic carbocycles. The Labute approximate surface area is 120 Å². The fraction of sp³-hybridized carbons (Fsp3) is 0.133. The zero-order chi connectivity index (χ0) is 14.8. The molecular weight excluding hydrogens is 270 g/mol. The van der Waals surface area contributed by atoms with E-state index in [0.29, 0.717) is 6.54 Å². The van der Waals surface area contributed by atoms with Crippen molar-refractivity contribution >= 4 is 16.6 Å². The van der Waals surface area contributed by atoms with Crippen LogP contribution in [0.2, 0.25) is 0 Å². The van der Waals surface area contributed by atoms with Crippen LogP contribution in [-0.2, 0) is 6.54 Å². The average molecular weight is 283 g/mol. The molecule has 106 valence electrons. The Balaban J connectivity index is 1.91. The van der Waals surface area contributed by atoms with Crippen molar-refractivity contribution in [2.24, 2.45) is 0 Å². The van der Waals surface area contributed by atoms with Gasteiger partial charge in [-0.3, -0.25) is 14.8 Å². The molecule has 0 unspecified atom stereocenters. The summed E-state index contributed by atoms with van der Waals surface area (Å²) in [5, 5.41) is 15.8. The standard InChI is InChI=1S/C15H13N3O3/c1-21-14-5-2-11(3-6-14)10-17-15-7-4-13(18(19)20)8-12(15)9-16-17/h2-9H,10H2,1H3. The van der Waals surface area contributed by atoms with Crippen molar-refractivity contribution < 1.29 is 9.66 Å². The number of rotatable bonds is 4. The summed E-state index contributed by atoms with van der Waals surface area (Å²) in [6.45, 7) is 0.602. The van der Waals surface area contributed by atoms with E-state index >= 15 is 0 Å². The monoisotopic (exact) mass is 283 g/mol. The second kappa shape index (κ2) is 5.24. The number of ether oxygens (including phenoxy) is 1. The summed E-state index contributed by atoms with van der Waals surface area (Å²) in [6, 6.07) is 12.5. The van der Waals surface area contributed by atoms with Crippen molar-refractivity contribution in [2.75, 3.05) is 7.11 Å². The lowest BCUT2D eigenvalue weighted by Crippen LogP contribution is -2.01. The number of hydrogen-bond donors (Lipinski definition) is 0. The maximum atomic E-state index is 10.8. The van der Waals surface area contributed by atoms with Gasteiger partial charge in [0, 0.05) is 17.5 Å². The van der Waals surface area contributed by atoms with Crippen LogP contribution in [0.3, 0.4) is 0 Å². The van der Waals surface area contributed by atoms with Crippen molar-refractivity contribution in [3.63, 3.8) is 0 Å². The van der Waals surface area contributed by atoms with Crippen LogP contribution in [0.4, 0.5) is 5.69 Å². The van der Waals surface area contributed by atoms with Gasteiger partial charge in [0.2, 0.25) is 0 Å². The molecular formula is C15H13N3O3. The zero-order valence-corrected chi connectivity index (χ0v) is 11.4. The molecule has 6 nitrogen and oxygen atoms in total. The molecule has 3 aromatic rings. The number of non-ortho nitro benzene ring substituents is 1. The van der Waals surface area contributed by atoms with Gasteiger partial charge in [-0.15, -0.1) is 0 Å². The van der Waals surface area contributed by atoms with Gasteiger partial charge < -0.3 is 4.74 Å². The van der Waals surface area contributed by atoms with Crippen molar-refractivity contribution in [2.45, 2.75) is 6.54 Å². The van der Waals surface area contributed by atoms with Crippen molar-refractivity contribution in [1.82, 2.24) is 9.78 Å². The van der Waals surface area contributed by atoms with E-state index < -0.39 is 4.92 Å². The molecule has 0 N–H and O–H groups in total. The fourth-order valence-electron chi connectivity index (χ4n) is 2.22. The average Bonchev–Trinajstić information content (AvgIpc) is 2.90. The minimum absolute atomic E-state index is 0.0755. The number of benzene rings is 2. The third-order valence-corrected chi connectivity index (χ3v) is 3.33. The van der Waals surface area contributed by atoms with Crippen LogP contribution in [0.25, 0.3) is 10.9 Å². The van der Waals surface area contributed by atoms with E-state index in [4.69, 9.17) is 4.74 Å². The van der Waals surface area contributed by atoms with E-state index in [0.717, 1.165) is 22.2 Å². The fourth-order valence-corrected chi connectivity index (χ4v) is 2.22. The van der Waals surface area contributed by atoms with Crippen LogP contribution >= 0.6 is 0 Å². The normalized spacial score (nSPS) is 10.7. The summed E-state index contributed by atoms with van der Waals surface area (Å²) in [7, 11) is 1.63. The first-order valence-corrected chi connectivity index (χ1v) is 6.40. The number of nitrogens with zero attached hydrogens (tertiary/aromatic N) is 3. The summed E-state index contributed by atoms with van der Waals surface area (Å²) in [5.74, 6) is 0.805. The third kappa shape index (κ3) is 2.55. The van der Waals surface area contributed by atoms with Gasteiger partial charge in [0.15, 0.2) is 0 Å². The van der Waals surface area contributed by atoms with Gasteiger partial charge in [0.1, 0.15) is 5.75 Å². The molecule has 0 amide bonds. The van der Waals surface area contributed by atoms with Gasteiger partial charge in [0.25, 0.3) is 5.69 Å². The Bertz CT molecular complexity index is 794. The molecule has 0 fully saturated rings. The highest BCUT2D eigenvalue weighted by Gasteiger charge is 2.09. The van der Waals surface area contributed by atoms with Crippen LogP contribution in [0, 0.1) is 10.1 Å². The molecule has 2 aromatic carbocycles. The lowest BCUT2D eigenvalue weighted by Gasteiger charge is -2.05. The van der Waals surface area contributed by atoms with Gasteiger partial charge in [-0.2, -0.15) is 5.10 Å². The molecule has 0 atom stereocenters. The summed E-state index contributed by atoms with van der Waals surface area (Å²) >= 11 is 0. The topological polar surface area (TPSA) is 70.2 Å². The lowest BCUT2D eigenvalue weighted by atomic mass is 10.2. The van der Waals surface area contributed by atoms with E-state index in [1.807, 2.05) is 28.9 Å². The molecule has 6 heteroatoms. The highest BCUT2D eigenvalue weighted by atomic mass is 16.6. The predicted octanol–water partition coefficient (Wildman–Crippen LogP) is 3.00. The number of nitro benzene ring substituents is 1. The Morgan fingerprint density at radius 2 is 2.00 bits per heavy atom. The van der Waals surface area contributed by atoms with E-state index in [9.17, 15) is 10.1 Å². The Morgan fingerprint density at radius 1 is 1.24 bits per heavy atom. The highest BCUT2D eigenvalue weighted by molar-refractivity contribution is 5.81. The second-order valence-corrected chi connectivity index (χ2v) is 4.65. The van der Waals surface area contributed by atoms with Gasteiger partial charge in [-0.25, -0.2) is 0 Å². The molecule has 3 rings (SSSR count). The van der Waals surface area contributed by atoms with Gasteiger partial charge in [-0.05, 0) is 23.8 Å². The van der Waals surface area contributed by atoms with Gasteiger partial charge in [0.05, 0.1) is 30.3 Å². The first kappa shape index (κ1) is 13.1. The quantitative estimate of drug-likeness (QED) is 0.545. The maximum absolute atomic E-state index is 10.8. The van der Waals surface area contributed by atoms with Crippen LogP contribution in [0.5, 0.6) is 5.75 Å². The molecule has 0 bridgehead atoms. The maximum Gasteiger partial charge on any atom is 0.270 e. The zero-order valence-electron chi connectivity index (χ0n) is 11.4. The number of methoxy groups -OCH3 is 1. The molecule has 0 spiro atoms. The number of hydrogen-bond acceptors (Lipinski definition) is 4. The van der Waals surface area contributed by atoms with Crippen LogP contribution < -0.4 is 4.74 Å². The molecule has 1 aromatic heterocycles. The number of nitro groups is 1. The van der Waals surface area contributed by atoms with Crippen LogP contribution in [-0.4, -0.2) is 21.8 Å². The van der Waals surface area contributed by atoms with E-state index in [1.165, 1.54) is 12.1 Å². The number of aromatic nitrogens is 2. The molecule has 0 saturated heterocycles. The summed E-state index contributed by atoms with van der Waals surface area (Å²) < 4.78 is 6.94. The summed E-state index contributed by atoms with van der Waals surface area (Å²) in [4.78, 5) is 10.4. The van der Waals surface area contributed by atoms with Gasteiger partial charge in [-0.1, -0.05) is 12.1 Å². The van der Waals surface area contributed by atoms with E-state index in [-0.39, 0.29) is 5.69 Å². The molecule has 0 aliphatic heterocycles. The smallest absolute Gasteiger partial charge is 0.270 e. The number of fused-ring (bicyclic) bond motifs is 1. The minimum atomic E-state index is -0.403. The van der Waals surface area contributed by atoms with Gasteiger partial charge >= 0.3 is 0 Å². The van der Waals surface area contributed by atoms with E-state index in [1.54, 1.807) is 19.4 Å². The molecule has 0 aliphatic rings. The first-order chi connectivity index (χ1) is 10.2. The van der Waals surface area contributed by atoms with Crippen molar-refractivity contribution in [3.8, 4) is 5.75 Å². The Hall–Kier alpha value is -2.89. The molecule has 0 saturated carbocycles. The lowest BCUT2D eigenvalue weighted by molar-refractivity contribution is -0.384. The first-order valence-electron chi connectivity index (χ1n) is 6.40. The SMILES string of the molecule is COc1ccc(Cn2ncc3cc([N+](=O)[O-])ccc32)cc1. The molecule has 21 heavy (non-hydrogen) atoms. The molecule has 1 heterocycles. The predicted molar refractivity (Wildman–Crippen MR) is 78.5 cm³/mol. The minimum Gasteiger partial charge on any atom is -0.497 e. The Morgan fingerprint density at radius 3 is 2.67 bits per heavy atom.